The van der Waals surface area contributed by atoms with Gasteiger partial charge in [0.05, 0.1) is 12.1 Å². The summed E-state index contributed by atoms with van der Waals surface area (Å²) in [6.07, 6.45) is -1.38. The normalized spacial score (nSPS) is 11.5. The molecule has 0 aliphatic heterocycles. The molecule has 0 unspecified atom stereocenters. The number of ether oxygens (including phenoxy) is 1. The number of rotatable bonds is 10. The van der Waals surface area contributed by atoms with Crippen LogP contribution in [0, 0.1) is 11.8 Å². The molecule has 2 aromatic rings. The Morgan fingerprint density at radius 1 is 1.00 bits per heavy atom. The van der Waals surface area contributed by atoms with Gasteiger partial charge < -0.3 is 25.8 Å². The van der Waals surface area contributed by atoms with Crippen molar-refractivity contribution in [2.24, 2.45) is 0 Å². The zero-order chi connectivity index (χ0) is 25.8. The fourth-order valence-electron chi connectivity index (χ4n) is 3.16. The lowest BCUT2D eigenvalue weighted by Crippen LogP contribution is -2.64. The second kappa shape index (κ2) is 13.1. The molecule has 186 valence electrons. The third kappa shape index (κ3) is 8.75. The Kier molecular flexibility index (Phi) is 10.2. The van der Waals surface area contributed by atoms with Gasteiger partial charge in [-0.2, -0.15) is 0 Å². The first-order chi connectivity index (χ1) is 16.7. The number of nitrogens with one attached hydrogen (secondary N) is 4. The van der Waals surface area contributed by atoms with Crippen LogP contribution in [-0.4, -0.2) is 60.1 Å². The minimum Gasteiger partial charge on any atom is -0.465 e. The average molecular weight is 483 g/mol. The summed E-state index contributed by atoms with van der Waals surface area (Å²) in [7, 11) is 1.66. The molecule has 1 atom stereocenters. The summed E-state index contributed by atoms with van der Waals surface area (Å²) < 4.78 is 5.00. The third-order valence-electron chi connectivity index (χ3n) is 5.06. The van der Waals surface area contributed by atoms with Gasteiger partial charge in [-0.1, -0.05) is 24.0 Å². The summed E-state index contributed by atoms with van der Waals surface area (Å²) in [5, 5.41) is 25.9. The highest BCUT2D eigenvalue weighted by atomic mass is 16.5. The molecule has 0 saturated heterocycles. The van der Waals surface area contributed by atoms with Gasteiger partial charge in [0.25, 0.3) is 11.8 Å². The molecule has 0 radical (unpaired) electrons. The second-order valence-electron chi connectivity index (χ2n) is 8.23. The van der Waals surface area contributed by atoms with Crippen molar-refractivity contribution in [1.82, 2.24) is 21.4 Å². The lowest BCUT2D eigenvalue weighted by atomic mass is 9.93. The smallest absolute Gasteiger partial charge is 0.405 e. The monoisotopic (exact) mass is 482 g/mol. The van der Waals surface area contributed by atoms with E-state index in [1.165, 1.54) is 19.3 Å². The van der Waals surface area contributed by atoms with Crippen LogP contribution in [-0.2, 0) is 16.1 Å². The molecular weight excluding hydrogens is 452 g/mol. The number of carboxylic acid groups (broad SMARTS) is 1. The van der Waals surface area contributed by atoms with Crippen molar-refractivity contribution in [2.45, 2.75) is 32.0 Å². The van der Waals surface area contributed by atoms with Crippen LogP contribution in [0.15, 0.2) is 48.5 Å². The first-order valence-corrected chi connectivity index (χ1v) is 10.8. The zero-order valence-electron chi connectivity index (χ0n) is 19.8. The molecule has 0 heterocycles. The maximum absolute atomic E-state index is 12.6. The SMILES string of the molecule is COCCNCc1ccc(C#Cc2ccc(C(=O)N[C@H](C(=O)NO)C(C)(C)NC(=O)O)cc2)cc1. The number of amides is 3. The largest absolute Gasteiger partial charge is 0.465 e. The van der Waals surface area contributed by atoms with Crippen molar-refractivity contribution < 1.29 is 29.4 Å². The van der Waals surface area contributed by atoms with Crippen molar-refractivity contribution in [3.05, 3.63) is 70.8 Å². The Hall–Kier alpha value is -3.91. The van der Waals surface area contributed by atoms with Crippen LogP contribution < -0.4 is 21.4 Å². The van der Waals surface area contributed by atoms with Crippen LogP contribution in [0.4, 0.5) is 4.79 Å². The molecule has 0 fully saturated rings. The van der Waals surface area contributed by atoms with E-state index in [0.717, 1.165) is 24.2 Å². The van der Waals surface area contributed by atoms with E-state index < -0.39 is 29.5 Å². The van der Waals surface area contributed by atoms with E-state index in [1.54, 1.807) is 31.4 Å². The van der Waals surface area contributed by atoms with E-state index in [2.05, 4.69) is 27.8 Å². The quantitative estimate of drug-likeness (QED) is 0.130. The molecule has 3 amide bonds. The van der Waals surface area contributed by atoms with E-state index in [4.69, 9.17) is 15.1 Å². The Morgan fingerprint density at radius 2 is 1.57 bits per heavy atom. The first kappa shape index (κ1) is 27.3. The molecule has 0 aromatic heterocycles. The zero-order valence-corrected chi connectivity index (χ0v) is 19.8. The number of hydrogen-bond donors (Lipinski definition) is 6. The summed E-state index contributed by atoms with van der Waals surface area (Å²) in [6, 6.07) is 12.9. The Balaban J connectivity index is 2.03. The summed E-state index contributed by atoms with van der Waals surface area (Å²) in [5.41, 5.74) is 2.96. The molecule has 10 nitrogen and oxygen atoms in total. The maximum Gasteiger partial charge on any atom is 0.405 e. The highest BCUT2D eigenvalue weighted by molar-refractivity contribution is 5.98. The van der Waals surface area contributed by atoms with Gasteiger partial charge in [0.2, 0.25) is 0 Å². The Labute approximate surface area is 204 Å². The minimum atomic E-state index is -1.39. The number of benzene rings is 2. The van der Waals surface area contributed by atoms with Crippen molar-refractivity contribution in [2.75, 3.05) is 20.3 Å². The predicted octanol–water partition coefficient (Wildman–Crippen LogP) is 1.47. The van der Waals surface area contributed by atoms with E-state index >= 15 is 0 Å². The average Bonchev–Trinajstić information content (AvgIpc) is 2.83. The molecule has 35 heavy (non-hydrogen) atoms. The van der Waals surface area contributed by atoms with Crippen LogP contribution >= 0.6 is 0 Å². The highest BCUT2D eigenvalue weighted by Gasteiger charge is 2.38. The third-order valence-corrected chi connectivity index (χ3v) is 5.06. The van der Waals surface area contributed by atoms with Crippen LogP contribution in [0.2, 0.25) is 0 Å². The lowest BCUT2D eigenvalue weighted by Gasteiger charge is -2.33. The van der Waals surface area contributed by atoms with E-state index in [-0.39, 0.29) is 5.56 Å². The van der Waals surface area contributed by atoms with Gasteiger partial charge in [-0.05, 0) is 55.8 Å². The topological polar surface area (TPSA) is 149 Å². The van der Waals surface area contributed by atoms with E-state index in [0.29, 0.717) is 12.2 Å². The number of carbonyl (C=O) groups excluding carboxylic acids is 2. The van der Waals surface area contributed by atoms with Crippen LogP contribution in [0.5, 0.6) is 0 Å². The number of hydrogen-bond acceptors (Lipinski definition) is 6. The van der Waals surface area contributed by atoms with Crippen molar-refractivity contribution in [1.29, 1.82) is 0 Å². The predicted molar refractivity (Wildman–Crippen MR) is 129 cm³/mol. The molecule has 0 bridgehead atoms. The van der Waals surface area contributed by atoms with Crippen LogP contribution in [0.3, 0.4) is 0 Å². The number of carbonyl (C=O) groups is 3. The number of hydroxylamine groups is 1. The van der Waals surface area contributed by atoms with Gasteiger partial charge in [0.1, 0.15) is 6.04 Å². The maximum atomic E-state index is 12.6. The fraction of sp³-hybridized carbons (Fsp3) is 0.320. The minimum absolute atomic E-state index is 0.239. The number of methoxy groups -OCH3 is 1. The van der Waals surface area contributed by atoms with Crippen LogP contribution in [0.1, 0.15) is 40.9 Å². The van der Waals surface area contributed by atoms with E-state index in [9.17, 15) is 14.4 Å². The standard InChI is InChI=1S/C25H30N4O6/c1-25(2,28-24(32)33)21(23(31)29-34)27-22(30)20-12-10-18(11-13-20)5-4-17-6-8-19(9-7-17)16-26-14-15-35-3/h6-13,21,26,28,34H,14-16H2,1-3H3,(H,27,30)(H,29,31)(H,32,33)/t21-/m1/s1. The molecule has 2 rings (SSSR count). The summed E-state index contributed by atoms with van der Waals surface area (Å²) in [6.45, 7) is 4.99. The second-order valence-corrected chi connectivity index (χ2v) is 8.23. The van der Waals surface area contributed by atoms with Gasteiger partial charge in [-0.15, -0.1) is 0 Å². The summed E-state index contributed by atoms with van der Waals surface area (Å²) in [4.78, 5) is 35.7. The summed E-state index contributed by atoms with van der Waals surface area (Å²) >= 11 is 0. The van der Waals surface area contributed by atoms with Crippen LogP contribution in [0.25, 0.3) is 0 Å². The van der Waals surface area contributed by atoms with Gasteiger partial charge in [-0.25, -0.2) is 10.3 Å². The summed E-state index contributed by atoms with van der Waals surface area (Å²) in [5.74, 6) is 4.53. The van der Waals surface area contributed by atoms with Gasteiger partial charge >= 0.3 is 6.09 Å². The van der Waals surface area contributed by atoms with Gasteiger partial charge in [-0.3, -0.25) is 14.8 Å². The lowest BCUT2D eigenvalue weighted by molar-refractivity contribution is -0.132. The Bertz CT molecular complexity index is 1070. The molecule has 0 aliphatic rings. The highest BCUT2D eigenvalue weighted by Crippen LogP contribution is 2.12. The van der Waals surface area contributed by atoms with Gasteiger partial charge in [0.15, 0.2) is 0 Å². The van der Waals surface area contributed by atoms with Crippen molar-refractivity contribution in [3.63, 3.8) is 0 Å². The molecular formula is C25H30N4O6. The van der Waals surface area contributed by atoms with Crippen molar-refractivity contribution in [3.8, 4) is 11.8 Å². The van der Waals surface area contributed by atoms with E-state index in [1.807, 2.05) is 24.3 Å². The van der Waals surface area contributed by atoms with Crippen molar-refractivity contribution >= 4 is 17.9 Å². The molecule has 0 spiro atoms. The molecule has 10 heteroatoms. The van der Waals surface area contributed by atoms with Gasteiger partial charge in [0, 0.05) is 36.9 Å². The Morgan fingerprint density at radius 3 is 2.09 bits per heavy atom. The molecule has 0 aliphatic carbocycles. The molecule has 2 aromatic carbocycles. The molecule has 0 saturated carbocycles. The first-order valence-electron chi connectivity index (χ1n) is 10.8. The fourth-order valence-corrected chi connectivity index (χ4v) is 3.16. The molecule has 6 N–H and O–H groups in total.